The third-order valence-electron chi connectivity index (χ3n) is 6.22. The number of rotatable bonds is 4. The van der Waals surface area contributed by atoms with Gasteiger partial charge < -0.3 is 15.0 Å². The Hall–Kier alpha value is -0.320. The molecule has 3 rings (SSSR count). The Balaban J connectivity index is 0.00000208. The summed E-state index contributed by atoms with van der Waals surface area (Å²) in [6, 6.07) is 0. The predicted molar refractivity (Wildman–Crippen MR) is 99.5 cm³/mol. The summed E-state index contributed by atoms with van der Waals surface area (Å²) >= 11 is 0. The van der Waals surface area contributed by atoms with E-state index in [1.165, 1.54) is 12.8 Å². The van der Waals surface area contributed by atoms with Crippen molar-refractivity contribution in [1.29, 1.82) is 0 Å². The Morgan fingerprint density at radius 2 is 1.83 bits per heavy atom. The third-order valence-corrected chi connectivity index (χ3v) is 6.22. The van der Waals surface area contributed by atoms with E-state index < -0.39 is 0 Å². The van der Waals surface area contributed by atoms with Gasteiger partial charge in [-0.2, -0.15) is 0 Å². The molecule has 2 aliphatic heterocycles. The first-order valence-electron chi connectivity index (χ1n) is 9.82. The molecule has 2 saturated heterocycles. The van der Waals surface area contributed by atoms with Crippen LogP contribution in [0.5, 0.6) is 0 Å². The first-order chi connectivity index (χ1) is 11.2. The van der Waals surface area contributed by atoms with Crippen molar-refractivity contribution in [3.05, 3.63) is 0 Å². The van der Waals surface area contributed by atoms with Crippen molar-refractivity contribution in [2.45, 2.75) is 71.0 Å². The molecule has 3 fully saturated rings. The molecule has 2 heterocycles. The molecule has 0 radical (unpaired) electrons. The zero-order valence-corrected chi connectivity index (χ0v) is 16.2. The van der Waals surface area contributed by atoms with Gasteiger partial charge in [-0.05, 0) is 62.9 Å². The zero-order valence-electron chi connectivity index (χ0n) is 15.3. The first kappa shape index (κ1) is 20.0. The molecule has 5 heteroatoms. The molecule has 0 bridgehead atoms. The van der Waals surface area contributed by atoms with Gasteiger partial charge >= 0.3 is 0 Å². The van der Waals surface area contributed by atoms with Crippen LogP contribution in [0.25, 0.3) is 0 Å². The van der Waals surface area contributed by atoms with Crippen LogP contribution in [0, 0.1) is 17.8 Å². The van der Waals surface area contributed by atoms with Gasteiger partial charge in [-0.1, -0.05) is 26.7 Å². The Morgan fingerprint density at radius 3 is 2.42 bits per heavy atom. The van der Waals surface area contributed by atoms with Gasteiger partial charge in [0.2, 0.25) is 0 Å². The van der Waals surface area contributed by atoms with Gasteiger partial charge in [0.25, 0.3) is 5.91 Å². The molecule has 3 aliphatic rings. The lowest BCUT2D eigenvalue weighted by Crippen LogP contribution is -2.43. The minimum atomic E-state index is -0.221. The van der Waals surface area contributed by atoms with E-state index in [2.05, 4.69) is 24.1 Å². The number of hydrogen-bond donors (Lipinski definition) is 1. The number of nitrogens with zero attached hydrogens (tertiary/aromatic N) is 1. The highest BCUT2D eigenvalue weighted by molar-refractivity contribution is 5.85. The number of fused-ring (bicyclic) bond motifs is 1. The summed E-state index contributed by atoms with van der Waals surface area (Å²) in [6.45, 7) is 8.51. The molecular formula is C19H35ClN2O2. The molecule has 0 spiro atoms. The fraction of sp³-hybridized carbons (Fsp3) is 0.947. The molecule has 1 aliphatic carbocycles. The number of carbonyl (C=O) groups excluding carboxylic acids is 1. The van der Waals surface area contributed by atoms with Crippen LogP contribution in [0.1, 0.15) is 58.8 Å². The molecule has 0 aromatic carbocycles. The predicted octanol–water partition coefficient (Wildman–Crippen LogP) is 3.24. The smallest absolute Gasteiger partial charge is 0.251 e. The van der Waals surface area contributed by atoms with Gasteiger partial charge in [-0.15, -0.1) is 12.4 Å². The lowest BCUT2D eigenvalue weighted by molar-refractivity contribution is -0.149. The summed E-state index contributed by atoms with van der Waals surface area (Å²) in [4.78, 5) is 15.0. The second-order valence-corrected chi connectivity index (χ2v) is 8.01. The SMILES string of the molecule is CCC(OC1CCCC(C)C1)C(=O)N1CC[C@@H]2CNC[C@@H]2CC1.Cl. The van der Waals surface area contributed by atoms with Gasteiger partial charge in [-0.3, -0.25) is 4.79 Å². The molecule has 24 heavy (non-hydrogen) atoms. The van der Waals surface area contributed by atoms with E-state index in [1.807, 2.05) is 0 Å². The van der Waals surface area contributed by atoms with Gasteiger partial charge in [0.1, 0.15) is 6.10 Å². The lowest BCUT2D eigenvalue weighted by atomic mass is 9.88. The molecular weight excluding hydrogens is 324 g/mol. The van der Waals surface area contributed by atoms with E-state index in [-0.39, 0.29) is 24.4 Å². The van der Waals surface area contributed by atoms with Crippen LogP contribution >= 0.6 is 12.4 Å². The highest BCUT2D eigenvalue weighted by atomic mass is 35.5. The van der Waals surface area contributed by atoms with Gasteiger partial charge in [0.05, 0.1) is 6.10 Å². The minimum Gasteiger partial charge on any atom is -0.365 e. The van der Waals surface area contributed by atoms with Crippen LogP contribution in [-0.4, -0.2) is 49.2 Å². The average molecular weight is 359 g/mol. The first-order valence-corrected chi connectivity index (χ1v) is 9.82. The van der Waals surface area contributed by atoms with E-state index in [1.54, 1.807) is 0 Å². The third kappa shape index (κ3) is 4.86. The molecule has 4 nitrogen and oxygen atoms in total. The van der Waals surface area contributed by atoms with Crippen LogP contribution in [-0.2, 0) is 9.53 Å². The molecule has 0 aromatic heterocycles. The fourth-order valence-corrected chi connectivity index (χ4v) is 4.71. The normalized spacial score (nSPS) is 34.8. The number of hydrogen-bond acceptors (Lipinski definition) is 3. The maximum absolute atomic E-state index is 12.9. The summed E-state index contributed by atoms with van der Waals surface area (Å²) < 4.78 is 6.26. The van der Waals surface area contributed by atoms with Crippen LogP contribution in [0.15, 0.2) is 0 Å². The summed E-state index contributed by atoms with van der Waals surface area (Å²) in [6.07, 6.45) is 7.99. The highest BCUT2D eigenvalue weighted by Crippen LogP contribution is 2.29. The summed E-state index contributed by atoms with van der Waals surface area (Å²) in [5, 5.41) is 3.50. The van der Waals surface area contributed by atoms with E-state index in [4.69, 9.17) is 4.74 Å². The number of amides is 1. The number of likely N-dealkylation sites (tertiary alicyclic amines) is 1. The Labute approximate surface area is 153 Å². The molecule has 140 valence electrons. The van der Waals surface area contributed by atoms with Crippen LogP contribution in [0.3, 0.4) is 0 Å². The summed E-state index contributed by atoms with van der Waals surface area (Å²) in [5.74, 6) is 2.53. The minimum absolute atomic E-state index is 0. The maximum Gasteiger partial charge on any atom is 0.251 e. The topological polar surface area (TPSA) is 41.6 Å². The Kier molecular flexibility index (Phi) is 7.83. The van der Waals surface area contributed by atoms with E-state index in [0.29, 0.717) is 6.10 Å². The number of carbonyl (C=O) groups is 1. The average Bonchev–Trinajstić information content (AvgIpc) is 2.90. The quantitative estimate of drug-likeness (QED) is 0.838. The molecule has 1 amide bonds. The van der Waals surface area contributed by atoms with Crippen molar-refractivity contribution in [2.75, 3.05) is 26.2 Å². The molecule has 1 saturated carbocycles. The fourth-order valence-electron chi connectivity index (χ4n) is 4.71. The zero-order chi connectivity index (χ0) is 16.2. The molecule has 5 atom stereocenters. The standard InChI is InChI=1S/C19H34N2O2.ClH/c1-3-18(23-17-6-4-5-14(2)11-17)19(22)21-9-7-15-12-20-13-16(15)8-10-21;/h14-18,20H,3-13H2,1-2H3;1H/t14?,15-,16+,17?,18?;. The number of halogens is 1. The van der Waals surface area contributed by atoms with Crippen molar-refractivity contribution in [1.82, 2.24) is 10.2 Å². The van der Waals surface area contributed by atoms with E-state index >= 15 is 0 Å². The largest absolute Gasteiger partial charge is 0.365 e. The molecule has 3 unspecified atom stereocenters. The maximum atomic E-state index is 12.9. The van der Waals surface area contributed by atoms with Gasteiger partial charge in [0.15, 0.2) is 0 Å². The molecule has 0 aromatic rings. The second kappa shape index (κ2) is 9.40. The highest BCUT2D eigenvalue weighted by Gasteiger charge is 2.34. The van der Waals surface area contributed by atoms with Crippen LogP contribution < -0.4 is 5.32 Å². The summed E-state index contributed by atoms with van der Waals surface area (Å²) in [5.41, 5.74) is 0. The monoisotopic (exact) mass is 358 g/mol. The van der Waals surface area contributed by atoms with Gasteiger partial charge in [-0.25, -0.2) is 0 Å². The van der Waals surface area contributed by atoms with Crippen molar-refractivity contribution in [3.63, 3.8) is 0 Å². The Morgan fingerprint density at radius 1 is 1.17 bits per heavy atom. The van der Waals surface area contributed by atoms with Crippen molar-refractivity contribution < 1.29 is 9.53 Å². The Bertz CT molecular complexity index is 393. The van der Waals surface area contributed by atoms with Crippen molar-refractivity contribution >= 4 is 18.3 Å². The molecule has 1 N–H and O–H groups in total. The van der Waals surface area contributed by atoms with Crippen molar-refractivity contribution in [3.8, 4) is 0 Å². The number of nitrogens with one attached hydrogen (secondary N) is 1. The summed E-state index contributed by atoms with van der Waals surface area (Å²) in [7, 11) is 0. The van der Waals surface area contributed by atoms with Crippen LogP contribution in [0.2, 0.25) is 0 Å². The second-order valence-electron chi connectivity index (χ2n) is 8.01. The van der Waals surface area contributed by atoms with Gasteiger partial charge in [0, 0.05) is 13.1 Å². The number of ether oxygens (including phenoxy) is 1. The van der Waals surface area contributed by atoms with Crippen LogP contribution in [0.4, 0.5) is 0 Å². The van der Waals surface area contributed by atoms with Crippen molar-refractivity contribution in [2.24, 2.45) is 17.8 Å². The van der Waals surface area contributed by atoms with E-state index in [0.717, 1.165) is 76.0 Å². The lowest BCUT2D eigenvalue weighted by Gasteiger charge is -2.32. The van der Waals surface area contributed by atoms with E-state index in [9.17, 15) is 4.79 Å².